The molecule has 0 aromatic heterocycles. The zero-order valence-electron chi connectivity index (χ0n) is 7.37. The fourth-order valence-corrected chi connectivity index (χ4v) is 2.61. The van der Waals surface area contributed by atoms with Gasteiger partial charge >= 0.3 is 5.97 Å². The van der Waals surface area contributed by atoms with Gasteiger partial charge in [0.25, 0.3) is 5.91 Å². The third kappa shape index (κ3) is 1.94. The number of aliphatic carboxylic acids is 1. The number of carboxylic acid groups (broad SMARTS) is 1. The van der Waals surface area contributed by atoms with Gasteiger partial charge in [0, 0.05) is 12.3 Å². The maximum Gasteiger partial charge on any atom is 0.340 e. The average Bonchev–Trinajstić information content (AvgIpc) is 2.47. The van der Waals surface area contributed by atoms with E-state index in [0.29, 0.717) is 12.3 Å². The summed E-state index contributed by atoms with van der Waals surface area (Å²) in [7, 11) is 0. The molecule has 1 fully saturated rings. The molecule has 1 aliphatic heterocycles. The normalized spacial score (nSPS) is 27.0. The van der Waals surface area contributed by atoms with E-state index in [0.717, 1.165) is 0 Å². The molecule has 4 nitrogen and oxygen atoms in total. The lowest BCUT2D eigenvalue weighted by atomic mass is 10.2. The number of carbonyl (C=O) groups is 2. The summed E-state index contributed by atoms with van der Waals surface area (Å²) in [6, 6.07) is 0. The molecule has 14 heavy (non-hydrogen) atoms. The molecule has 1 rings (SSSR count). The van der Waals surface area contributed by atoms with Crippen LogP contribution in [0.1, 0.15) is 6.92 Å². The Morgan fingerprint density at radius 3 is 2.57 bits per heavy atom. The first-order chi connectivity index (χ1) is 6.39. The highest BCUT2D eigenvalue weighted by Gasteiger charge is 2.47. The molecule has 7 heteroatoms. The molecule has 0 saturated carbocycles. The Balaban J connectivity index is 2.89. The highest BCUT2D eigenvalue weighted by molar-refractivity contribution is 8.01. The Labute approximate surface area is 95.5 Å². The van der Waals surface area contributed by atoms with E-state index in [2.05, 4.69) is 0 Å². The van der Waals surface area contributed by atoms with Crippen LogP contribution in [0.15, 0.2) is 0 Å². The van der Waals surface area contributed by atoms with Crippen LogP contribution in [-0.4, -0.2) is 43.9 Å². The molecule has 1 atom stereocenters. The third-order valence-corrected chi connectivity index (χ3v) is 3.78. The molecule has 0 aliphatic carbocycles. The van der Waals surface area contributed by atoms with E-state index in [1.165, 1.54) is 23.6 Å². The van der Waals surface area contributed by atoms with Gasteiger partial charge < -0.3 is 10.0 Å². The molecule has 1 N–H and O–H groups in total. The molecule has 0 aromatic rings. The van der Waals surface area contributed by atoms with Gasteiger partial charge in [-0.05, 0) is 6.92 Å². The van der Waals surface area contributed by atoms with Gasteiger partial charge in [0.05, 0.1) is 0 Å². The molecule has 0 aromatic carbocycles. The second-order valence-corrected chi connectivity index (χ2v) is 5.52. The van der Waals surface area contributed by atoms with Crippen molar-refractivity contribution in [2.75, 3.05) is 12.3 Å². The number of halogens is 2. The van der Waals surface area contributed by atoms with Crippen molar-refractivity contribution in [3.05, 3.63) is 0 Å². The van der Waals surface area contributed by atoms with Crippen molar-refractivity contribution in [1.29, 1.82) is 0 Å². The summed E-state index contributed by atoms with van der Waals surface area (Å²) in [5.74, 6) is -1.03. The molecule has 1 heterocycles. The van der Waals surface area contributed by atoms with Gasteiger partial charge in [0.1, 0.15) is 0 Å². The van der Waals surface area contributed by atoms with Crippen molar-refractivity contribution in [3.63, 3.8) is 0 Å². The highest BCUT2D eigenvalue weighted by Crippen LogP contribution is 2.36. The Hall–Kier alpha value is -0.130. The van der Waals surface area contributed by atoms with E-state index in [-0.39, 0.29) is 0 Å². The molecular weight excluding hydrogens is 249 g/mol. The molecule has 1 aliphatic rings. The maximum absolute atomic E-state index is 11.5. The topological polar surface area (TPSA) is 57.6 Å². The summed E-state index contributed by atoms with van der Waals surface area (Å²) in [4.78, 5) is 21.2. The van der Waals surface area contributed by atoms with Gasteiger partial charge in [-0.2, -0.15) is 0 Å². The van der Waals surface area contributed by atoms with Crippen LogP contribution in [0, 0.1) is 0 Å². The minimum Gasteiger partial charge on any atom is -0.479 e. The molecule has 1 saturated heterocycles. The van der Waals surface area contributed by atoms with E-state index >= 15 is 0 Å². The number of hydrogen-bond donors (Lipinski definition) is 1. The number of rotatable bonds is 2. The number of alkyl halides is 2. The quantitative estimate of drug-likeness (QED) is 0.755. The standard InChI is InChI=1S/C7H9Cl2NO3S/c1-7(6(12)13)10(2-3-14-7)5(11)4(8)9/h4H,2-3H2,1H3,(H,12,13). The van der Waals surface area contributed by atoms with Gasteiger partial charge in [-0.3, -0.25) is 4.79 Å². The molecule has 1 amide bonds. The predicted molar refractivity (Wildman–Crippen MR) is 55.7 cm³/mol. The summed E-state index contributed by atoms with van der Waals surface area (Å²) in [5.41, 5.74) is 0. The van der Waals surface area contributed by atoms with Crippen LogP contribution >= 0.6 is 35.0 Å². The van der Waals surface area contributed by atoms with Crippen molar-refractivity contribution >= 4 is 46.8 Å². The van der Waals surface area contributed by atoms with E-state index in [1.807, 2.05) is 0 Å². The molecule has 0 spiro atoms. The van der Waals surface area contributed by atoms with Crippen molar-refractivity contribution in [2.24, 2.45) is 0 Å². The van der Waals surface area contributed by atoms with Gasteiger partial charge in [0.2, 0.25) is 0 Å². The lowest BCUT2D eigenvalue weighted by molar-refractivity contribution is -0.150. The van der Waals surface area contributed by atoms with Crippen molar-refractivity contribution in [1.82, 2.24) is 4.90 Å². The van der Waals surface area contributed by atoms with Gasteiger partial charge in [-0.15, -0.1) is 11.8 Å². The molecular formula is C7H9Cl2NO3S. The second-order valence-electron chi connectivity index (χ2n) is 2.93. The summed E-state index contributed by atoms with van der Waals surface area (Å²) in [5, 5.41) is 8.97. The van der Waals surface area contributed by atoms with Crippen molar-refractivity contribution < 1.29 is 14.7 Å². The van der Waals surface area contributed by atoms with Gasteiger partial charge in [-0.1, -0.05) is 23.2 Å². The number of amides is 1. The number of carbonyl (C=O) groups excluding carboxylic acids is 1. The van der Waals surface area contributed by atoms with E-state index < -0.39 is 21.6 Å². The zero-order valence-corrected chi connectivity index (χ0v) is 9.70. The minimum absolute atomic E-state index is 0.363. The molecule has 0 bridgehead atoms. The highest BCUT2D eigenvalue weighted by atomic mass is 35.5. The second kappa shape index (κ2) is 4.16. The van der Waals surface area contributed by atoms with Crippen LogP contribution in [0.3, 0.4) is 0 Å². The SMILES string of the molecule is CC1(C(=O)O)SCCN1C(=O)C(Cl)Cl. The Morgan fingerprint density at radius 1 is 1.57 bits per heavy atom. The minimum atomic E-state index is -1.24. The first-order valence-corrected chi connectivity index (χ1v) is 5.72. The maximum atomic E-state index is 11.5. The average molecular weight is 258 g/mol. The first-order valence-electron chi connectivity index (χ1n) is 3.86. The zero-order chi connectivity index (χ0) is 10.9. The van der Waals surface area contributed by atoms with Crippen LogP contribution in [-0.2, 0) is 9.59 Å². The number of nitrogens with zero attached hydrogens (tertiary/aromatic N) is 1. The van der Waals surface area contributed by atoms with Crippen LogP contribution in [0.4, 0.5) is 0 Å². The summed E-state index contributed by atoms with van der Waals surface area (Å²) < 4.78 is 0. The molecule has 0 radical (unpaired) electrons. The van der Waals surface area contributed by atoms with E-state index in [4.69, 9.17) is 28.3 Å². The fourth-order valence-electron chi connectivity index (χ4n) is 1.24. The molecule has 80 valence electrons. The predicted octanol–water partition coefficient (Wildman–Crippen LogP) is 1.17. The Morgan fingerprint density at radius 2 is 2.14 bits per heavy atom. The van der Waals surface area contributed by atoms with Gasteiger partial charge in [-0.25, -0.2) is 4.79 Å². The Kier molecular flexibility index (Phi) is 3.55. The van der Waals surface area contributed by atoms with Crippen molar-refractivity contribution in [2.45, 2.75) is 16.6 Å². The lowest BCUT2D eigenvalue weighted by Crippen LogP contribution is -2.50. The summed E-state index contributed by atoms with van der Waals surface area (Å²) >= 11 is 12.0. The van der Waals surface area contributed by atoms with E-state index in [9.17, 15) is 9.59 Å². The smallest absolute Gasteiger partial charge is 0.340 e. The largest absolute Gasteiger partial charge is 0.479 e. The monoisotopic (exact) mass is 257 g/mol. The lowest BCUT2D eigenvalue weighted by Gasteiger charge is -2.30. The number of thioether (sulfide) groups is 1. The fraction of sp³-hybridized carbons (Fsp3) is 0.714. The summed E-state index contributed by atoms with van der Waals surface area (Å²) in [6.07, 6.45) is 0. The van der Waals surface area contributed by atoms with Crippen LogP contribution < -0.4 is 0 Å². The summed E-state index contributed by atoms with van der Waals surface area (Å²) in [6.45, 7) is 1.84. The van der Waals surface area contributed by atoms with Crippen molar-refractivity contribution in [3.8, 4) is 0 Å². The third-order valence-electron chi connectivity index (χ3n) is 2.06. The van der Waals surface area contributed by atoms with Gasteiger partial charge in [0.15, 0.2) is 9.71 Å². The molecule has 1 unspecified atom stereocenters. The Bertz CT molecular complexity index is 274. The van der Waals surface area contributed by atoms with E-state index in [1.54, 1.807) is 0 Å². The first kappa shape index (κ1) is 11.9. The number of carboxylic acids is 1. The van der Waals surface area contributed by atoms with Crippen LogP contribution in [0.2, 0.25) is 0 Å². The number of hydrogen-bond acceptors (Lipinski definition) is 3. The van der Waals surface area contributed by atoms with Crippen LogP contribution in [0.5, 0.6) is 0 Å². The van der Waals surface area contributed by atoms with Crippen LogP contribution in [0.25, 0.3) is 0 Å².